The molecule has 3 aromatic rings. The van der Waals surface area contributed by atoms with E-state index in [9.17, 15) is 86.5 Å². The van der Waals surface area contributed by atoms with E-state index < -0.39 is 172 Å². The largest absolute Gasteiger partial charge is 0.571 e. The Morgan fingerprint density at radius 1 is 0.623 bits per heavy atom. The molecule has 0 bridgehead atoms. The minimum Gasteiger partial charge on any atom is -0.571 e. The van der Waals surface area contributed by atoms with Crippen LogP contribution in [0.3, 0.4) is 0 Å². The Balaban J connectivity index is 0.934. The fraction of sp³-hybridized carbons (Fsp3) is 0.531. The van der Waals surface area contributed by atoms with Gasteiger partial charge in [0.1, 0.15) is 108 Å². The van der Waals surface area contributed by atoms with Crippen LogP contribution in [-0.4, -0.2) is 242 Å². The maximum Gasteiger partial charge on any atom is 0.331 e. The van der Waals surface area contributed by atoms with Crippen molar-refractivity contribution in [1.82, 2.24) is 0 Å². The summed E-state index contributed by atoms with van der Waals surface area (Å²) in [6.07, 6.45) is -31.1. The zero-order valence-electron chi connectivity index (χ0n) is 40.7. The normalized spacial score (nSPS) is 37.2. The second kappa shape index (κ2) is 24.1. The fourth-order valence-electron chi connectivity index (χ4n) is 9.00. The van der Waals surface area contributed by atoms with Gasteiger partial charge in [-0.25, -0.2) is 4.79 Å². The number of hydrogen-bond donors (Lipinski definition) is 16. The summed E-state index contributed by atoms with van der Waals surface area (Å²) < 4.78 is 61.2. The summed E-state index contributed by atoms with van der Waals surface area (Å²) in [7, 11) is 1.20. The van der Waals surface area contributed by atoms with Crippen LogP contribution >= 0.6 is 0 Å². The van der Waals surface area contributed by atoms with Crippen LogP contribution in [-0.2, 0) is 38.0 Å². The van der Waals surface area contributed by atoms with Crippen molar-refractivity contribution in [2.24, 2.45) is 0 Å². The third-order valence-electron chi connectivity index (χ3n) is 13.4. The van der Waals surface area contributed by atoms with Crippen LogP contribution in [0.2, 0.25) is 0 Å². The highest BCUT2D eigenvalue weighted by Gasteiger charge is 2.51. The van der Waals surface area contributed by atoms with Crippen molar-refractivity contribution in [2.45, 2.75) is 136 Å². The number of carbonyl (C=O) groups excluding carboxylic acids is 1. The summed E-state index contributed by atoms with van der Waals surface area (Å²) in [5.74, 6) is -3.29. The number of hydrogen-bond acceptors (Lipinski definition) is 27. The lowest BCUT2D eigenvalue weighted by Gasteiger charge is -2.43. The van der Waals surface area contributed by atoms with Gasteiger partial charge < -0.3 is 134 Å². The first-order chi connectivity index (χ1) is 36.6. The lowest BCUT2D eigenvalue weighted by Crippen LogP contribution is -2.61. The van der Waals surface area contributed by atoms with E-state index in [0.717, 1.165) is 18.2 Å². The first-order valence-electron chi connectivity index (χ1n) is 23.9. The Hall–Kier alpha value is -5.71. The number of benzene rings is 3. The highest BCUT2D eigenvalue weighted by molar-refractivity contribution is 5.87. The number of fused-ring (bicyclic) bond motifs is 1. The summed E-state index contributed by atoms with van der Waals surface area (Å²) in [6.45, 7) is -0.740. The van der Waals surface area contributed by atoms with E-state index in [0.29, 0.717) is 5.56 Å². The summed E-state index contributed by atoms with van der Waals surface area (Å²) in [4.78, 5) is 12.9. The molecule has 28 nitrogen and oxygen atoms in total. The topological polar surface area (TPSA) is 446 Å². The van der Waals surface area contributed by atoms with Gasteiger partial charge in [0.15, 0.2) is 29.7 Å². The third kappa shape index (κ3) is 12.1. The van der Waals surface area contributed by atoms with Crippen molar-refractivity contribution < 1.29 is 139 Å². The number of aliphatic hydroxyl groups excluding tert-OH is 13. The van der Waals surface area contributed by atoms with Crippen LogP contribution in [0.15, 0.2) is 60.4 Å². The van der Waals surface area contributed by atoms with Crippen molar-refractivity contribution in [3.8, 4) is 40.2 Å². The second-order valence-corrected chi connectivity index (χ2v) is 18.6. The molecule has 77 heavy (non-hydrogen) atoms. The smallest absolute Gasteiger partial charge is 0.331 e. The van der Waals surface area contributed by atoms with E-state index in [1.165, 1.54) is 62.6 Å². The Labute approximate surface area is 436 Å². The zero-order valence-corrected chi connectivity index (χ0v) is 40.7. The maximum atomic E-state index is 12.9. The standard InChI is InChI=1S/C49H60O28/c1-17-44(77-31(54)8-5-18-3-6-21(7-4-18)70-47-40(63)36(59)33(56)28(14-50)74-47)39(62)43(66)46(69-17)68-16-30-35(58)38(61)42(65)49(76-30)73-27-13-22-24(71-45(27)19-9-23(53)32(55)26(10-19)67-2)11-20(52)12-25(22)72-48-41(64)37(60)34(57)29(15-51)75-48/h3-13,17,28-30,33-53,55-66H,14-16H2,1-2H3/p+1/b8-5+/t17-,28+,29+,30+,33-,34-,35-,36-,37-,38-,39+,40+,41+,42+,43-,44-,45?,46+,47+,48+,49+/m0/s1. The molecule has 4 saturated heterocycles. The predicted octanol–water partition coefficient (Wildman–Crippen LogP) is -4.56. The van der Waals surface area contributed by atoms with Gasteiger partial charge in [-0.3, -0.25) is 0 Å². The molecule has 424 valence electrons. The van der Waals surface area contributed by atoms with Gasteiger partial charge in [-0.15, -0.1) is 0 Å². The van der Waals surface area contributed by atoms with Gasteiger partial charge in [-0.05, 0) is 42.8 Å². The Kier molecular flexibility index (Phi) is 18.0. The molecule has 5 aliphatic heterocycles. The molecule has 5 aliphatic rings. The number of phenols is 3. The quantitative estimate of drug-likeness (QED) is 0.0278. The zero-order chi connectivity index (χ0) is 55.7. The van der Waals surface area contributed by atoms with Crippen LogP contribution in [0.1, 0.15) is 29.7 Å². The van der Waals surface area contributed by atoms with Crippen LogP contribution in [0.25, 0.3) is 12.2 Å². The van der Waals surface area contributed by atoms with Crippen LogP contribution in [0.4, 0.5) is 0 Å². The van der Waals surface area contributed by atoms with E-state index in [1.807, 2.05) is 0 Å². The molecule has 0 amide bonds. The van der Waals surface area contributed by atoms with E-state index in [4.69, 9.17) is 47.4 Å². The van der Waals surface area contributed by atoms with Crippen molar-refractivity contribution in [2.75, 3.05) is 26.9 Å². The van der Waals surface area contributed by atoms with Gasteiger partial charge >= 0.3 is 5.97 Å². The average molecular weight is 1100 g/mol. The number of phenolic OH excluding ortho intramolecular Hbond substituents is 3. The van der Waals surface area contributed by atoms with Crippen LogP contribution < -0.4 is 14.2 Å². The summed E-state index contributed by atoms with van der Waals surface area (Å²) in [6, 6.07) is 10.5. The monoisotopic (exact) mass is 1100 g/mol. The third-order valence-corrected chi connectivity index (χ3v) is 13.4. The second-order valence-electron chi connectivity index (χ2n) is 18.6. The van der Waals surface area contributed by atoms with E-state index in [-0.39, 0.29) is 39.9 Å². The molecule has 0 saturated carbocycles. The molecule has 3 aromatic carbocycles. The number of methoxy groups -OCH3 is 1. The molecule has 1 unspecified atom stereocenters. The molecule has 0 aliphatic carbocycles. The SMILES string of the molecule is COc1cc(C2[OH+]c3cc(O)cc(O[C@@H]4O[C@H](CO)[C@H](O)[C@H](O)[C@H]4O)c3C=C2O[C@@H]2O[C@H](CO[C@@H]3O[C@@H](C)[C@H](OC(=O)/C=C/c4ccc(O[C@@H]5O[C@H](CO)[C@H](O)[C@H](O)[C@H]5O)cc4)[C@H](O)[C@@H]3O)[C@H](O)[C@H](O)[C@H]2O)cc(O)c1O. The Morgan fingerprint density at radius 3 is 1.78 bits per heavy atom. The summed E-state index contributed by atoms with van der Waals surface area (Å²) >= 11 is 0. The molecule has 28 heteroatoms. The first kappa shape index (κ1) is 57.5. The van der Waals surface area contributed by atoms with Gasteiger partial charge in [0.25, 0.3) is 11.9 Å². The molecule has 0 spiro atoms. The summed E-state index contributed by atoms with van der Waals surface area (Å²) in [5.41, 5.74) is 0.524. The Bertz CT molecular complexity index is 2560. The van der Waals surface area contributed by atoms with Gasteiger partial charge in [0.05, 0.1) is 44.7 Å². The number of rotatable bonds is 16. The van der Waals surface area contributed by atoms with E-state index in [1.54, 1.807) is 0 Å². The Morgan fingerprint density at radius 2 is 1.18 bits per heavy atom. The molecule has 0 aromatic heterocycles. The molecular weight excluding hydrogens is 1040 g/mol. The number of aromatic hydroxyl groups is 4. The minimum absolute atomic E-state index is 0.00153. The molecule has 8 rings (SSSR count). The van der Waals surface area contributed by atoms with Gasteiger partial charge in [-0.1, -0.05) is 12.1 Å². The lowest BCUT2D eigenvalue weighted by molar-refractivity contribution is -0.325. The lowest BCUT2D eigenvalue weighted by atomic mass is 9.97. The van der Waals surface area contributed by atoms with Crippen LogP contribution in [0, 0.1) is 0 Å². The molecular formula is C49H61O28+. The molecule has 0 radical (unpaired) electrons. The highest BCUT2D eigenvalue weighted by Crippen LogP contribution is 2.49. The van der Waals surface area contributed by atoms with E-state index >= 15 is 0 Å². The molecule has 4 fully saturated rings. The number of esters is 1. The predicted molar refractivity (Wildman–Crippen MR) is 251 cm³/mol. The number of aliphatic hydroxyl groups is 14. The van der Waals surface area contributed by atoms with Gasteiger partial charge in [0.2, 0.25) is 24.6 Å². The van der Waals surface area contributed by atoms with E-state index in [2.05, 4.69) is 4.74 Å². The van der Waals surface area contributed by atoms with Crippen LogP contribution in [0.5, 0.6) is 40.2 Å². The molecule has 21 atom stereocenters. The number of carbonyl (C=O) groups is 1. The average Bonchev–Trinajstić information content (AvgIpc) is 3.41. The molecule has 5 heterocycles. The fourth-order valence-corrected chi connectivity index (χ4v) is 9.00. The highest BCUT2D eigenvalue weighted by atomic mass is 16.7. The van der Waals surface area contributed by atoms with Gasteiger partial charge in [0, 0.05) is 18.2 Å². The molecule has 17 N–H and O–H groups in total. The van der Waals surface area contributed by atoms with Crippen molar-refractivity contribution in [3.05, 3.63) is 77.1 Å². The summed E-state index contributed by atoms with van der Waals surface area (Å²) in [5, 5.41) is 168. The first-order valence-corrected chi connectivity index (χ1v) is 23.9. The van der Waals surface area contributed by atoms with Gasteiger partial charge in [-0.2, -0.15) is 0 Å². The van der Waals surface area contributed by atoms with Crippen molar-refractivity contribution >= 4 is 18.1 Å². The van der Waals surface area contributed by atoms with Crippen molar-refractivity contribution in [3.63, 3.8) is 0 Å². The maximum absolute atomic E-state index is 12.9. The number of ether oxygens (including phenoxy) is 11. The van der Waals surface area contributed by atoms with Crippen molar-refractivity contribution in [1.29, 1.82) is 0 Å². The minimum atomic E-state index is -2.02.